The second-order valence-electron chi connectivity index (χ2n) is 7.91. The standard InChI is InChI=1S/C19H25BrOSSi/c1-19(2,3)23(4,5)21-17-10-9-14-15(17)7-6-8-16(14)18-11-13(20)12-22-18/h6-8,11-12,17H,9-10H2,1-5H3/t17-/m1/s1. The molecule has 1 heterocycles. The molecule has 0 unspecified atom stereocenters. The van der Waals surface area contributed by atoms with Crippen LogP contribution in [0.15, 0.2) is 34.1 Å². The normalized spacial score (nSPS) is 18.3. The average molecular weight is 409 g/mol. The van der Waals surface area contributed by atoms with E-state index < -0.39 is 8.32 Å². The molecule has 1 aliphatic carbocycles. The van der Waals surface area contributed by atoms with Gasteiger partial charge in [-0.2, -0.15) is 0 Å². The van der Waals surface area contributed by atoms with Crippen molar-refractivity contribution in [1.29, 1.82) is 0 Å². The van der Waals surface area contributed by atoms with Gasteiger partial charge in [-0.3, -0.25) is 0 Å². The summed E-state index contributed by atoms with van der Waals surface area (Å²) in [4.78, 5) is 1.35. The lowest BCUT2D eigenvalue weighted by molar-refractivity contribution is 0.185. The molecule has 0 N–H and O–H groups in total. The predicted octanol–water partition coefficient (Wildman–Crippen LogP) is 7.19. The molecule has 4 heteroatoms. The summed E-state index contributed by atoms with van der Waals surface area (Å²) in [6.07, 6.45) is 2.51. The molecule has 1 atom stereocenters. The lowest BCUT2D eigenvalue weighted by atomic mass is 10.0. The molecule has 0 radical (unpaired) electrons. The van der Waals surface area contributed by atoms with Crippen LogP contribution >= 0.6 is 27.3 Å². The Balaban J connectivity index is 1.93. The summed E-state index contributed by atoms with van der Waals surface area (Å²) >= 11 is 5.38. The second kappa shape index (κ2) is 6.14. The van der Waals surface area contributed by atoms with Crippen molar-refractivity contribution in [3.63, 3.8) is 0 Å². The van der Waals surface area contributed by atoms with E-state index in [2.05, 4.69) is 79.4 Å². The minimum absolute atomic E-state index is 0.256. The Morgan fingerprint density at radius 2 is 2.00 bits per heavy atom. The van der Waals surface area contributed by atoms with Crippen LogP contribution in [0.2, 0.25) is 18.1 Å². The third-order valence-corrected chi connectivity index (χ3v) is 11.5. The third kappa shape index (κ3) is 3.36. The molecule has 0 aliphatic heterocycles. The highest BCUT2D eigenvalue weighted by atomic mass is 79.9. The molecular formula is C19H25BrOSSi. The van der Waals surface area contributed by atoms with E-state index in [4.69, 9.17) is 4.43 Å². The number of hydrogen-bond acceptors (Lipinski definition) is 2. The summed E-state index contributed by atoms with van der Waals surface area (Å²) < 4.78 is 7.89. The number of halogens is 1. The number of hydrogen-bond donors (Lipinski definition) is 0. The first-order chi connectivity index (χ1) is 10.7. The van der Waals surface area contributed by atoms with Gasteiger partial charge < -0.3 is 4.43 Å². The van der Waals surface area contributed by atoms with Gasteiger partial charge in [0.25, 0.3) is 0 Å². The molecular weight excluding hydrogens is 384 g/mol. The zero-order chi connectivity index (χ0) is 16.8. The predicted molar refractivity (Wildman–Crippen MR) is 107 cm³/mol. The fraction of sp³-hybridized carbons (Fsp3) is 0.474. The Kier molecular flexibility index (Phi) is 4.64. The Bertz CT molecular complexity index is 714. The van der Waals surface area contributed by atoms with Crippen molar-refractivity contribution < 1.29 is 4.43 Å². The third-order valence-electron chi connectivity index (χ3n) is 5.29. The van der Waals surface area contributed by atoms with Gasteiger partial charge >= 0.3 is 0 Å². The summed E-state index contributed by atoms with van der Waals surface area (Å²) in [5, 5.41) is 2.42. The first-order valence-electron chi connectivity index (χ1n) is 8.23. The highest BCUT2D eigenvalue weighted by Gasteiger charge is 2.41. The van der Waals surface area contributed by atoms with Crippen LogP contribution in [-0.4, -0.2) is 8.32 Å². The maximum Gasteiger partial charge on any atom is 0.192 e. The molecule has 124 valence electrons. The van der Waals surface area contributed by atoms with Crippen LogP contribution in [0.1, 0.15) is 44.4 Å². The maximum absolute atomic E-state index is 6.72. The van der Waals surface area contributed by atoms with Gasteiger partial charge in [-0.25, -0.2) is 0 Å². The van der Waals surface area contributed by atoms with Gasteiger partial charge in [0, 0.05) is 14.7 Å². The van der Waals surface area contributed by atoms with E-state index in [0.29, 0.717) is 0 Å². The molecule has 1 nitrogen and oxygen atoms in total. The molecule has 0 bridgehead atoms. The van der Waals surface area contributed by atoms with E-state index in [-0.39, 0.29) is 11.1 Å². The van der Waals surface area contributed by atoms with Gasteiger partial charge in [-0.1, -0.05) is 39.0 Å². The van der Waals surface area contributed by atoms with E-state index >= 15 is 0 Å². The van der Waals surface area contributed by atoms with Gasteiger partial charge in [0.2, 0.25) is 0 Å². The zero-order valence-electron chi connectivity index (χ0n) is 14.6. The lowest BCUT2D eigenvalue weighted by Gasteiger charge is -2.38. The Morgan fingerprint density at radius 3 is 2.61 bits per heavy atom. The fourth-order valence-corrected chi connectivity index (χ4v) is 5.75. The molecule has 0 saturated carbocycles. The van der Waals surface area contributed by atoms with Crippen LogP contribution < -0.4 is 0 Å². The largest absolute Gasteiger partial charge is 0.410 e. The van der Waals surface area contributed by atoms with E-state index in [9.17, 15) is 0 Å². The molecule has 1 aromatic carbocycles. The van der Waals surface area contributed by atoms with E-state index in [0.717, 1.165) is 12.8 Å². The summed E-state index contributed by atoms with van der Waals surface area (Å²) in [5.41, 5.74) is 4.29. The number of fused-ring (bicyclic) bond motifs is 1. The molecule has 0 spiro atoms. The van der Waals surface area contributed by atoms with Crippen molar-refractivity contribution in [2.45, 2.75) is 57.8 Å². The van der Waals surface area contributed by atoms with Crippen LogP contribution in [0.5, 0.6) is 0 Å². The van der Waals surface area contributed by atoms with E-state index in [1.165, 1.54) is 26.0 Å². The van der Waals surface area contributed by atoms with Crippen LogP contribution in [0, 0.1) is 0 Å². The Hall–Kier alpha value is -0.423. The van der Waals surface area contributed by atoms with Crippen LogP contribution in [0.4, 0.5) is 0 Å². The highest BCUT2D eigenvalue weighted by Crippen LogP contribution is 2.46. The zero-order valence-corrected chi connectivity index (χ0v) is 18.0. The van der Waals surface area contributed by atoms with Crippen molar-refractivity contribution in [3.05, 3.63) is 45.2 Å². The summed E-state index contributed by atoms with van der Waals surface area (Å²) in [6, 6.07) is 8.94. The monoisotopic (exact) mass is 408 g/mol. The fourth-order valence-electron chi connectivity index (χ4n) is 2.96. The molecule has 3 rings (SSSR count). The summed E-state index contributed by atoms with van der Waals surface area (Å²) in [7, 11) is -1.74. The average Bonchev–Trinajstić information content (AvgIpc) is 3.04. The second-order valence-corrected chi connectivity index (χ2v) is 14.5. The van der Waals surface area contributed by atoms with Gasteiger partial charge in [-0.15, -0.1) is 11.3 Å². The van der Waals surface area contributed by atoms with Gasteiger partial charge in [-0.05, 0) is 69.7 Å². The molecule has 2 aromatic rings. The maximum atomic E-state index is 6.72. The molecule has 1 aromatic heterocycles. The molecule has 23 heavy (non-hydrogen) atoms. The first kappa shape index (κ1) is 17.4. The molecule has 1 aliphatic rings. The van der Waals surface area contributed by atoms with Gasteiger partial charge in [0.05, 0.1) is 6.10 Å². The highest BCUT2D eigenvalue weighted by molar-refractivity contribution is 9.10. The minimum Gasteiger partial charge on any atom is -0.410 e. The number of rotatable bonds is 3. The van der Waals surface area contributed by atoms with Crippen molar-refractivity contribution in [1.82, 2.24) is 0 Å². The molecule has 0 amide bonds. The topological polar surface area (TPSA) is 9.23 Å². The van der Waals surface area contributed by atoms with Crippen molar-refractivity contribution in [2.24, 2.45) is 0 Å². The van der Waals surface area contributed by atoms with E-state index in [1.807, 2.05) is 11.3 Å². The molecule has 0 saturated heterocycles. The van der Waals surface area contributed by atoms with Crippen LogP contribution in [-0.2, 0) is 10.8 Å². The molecule has 0 fully saturated rings. The first-order valence-corrected chi connectivity index (χ1v) is 12.8. The van der Waals surface area contributed by atoms with E-state index in [1.54, 1.807) is 0 Å². The quantitative estimate of drug-likeness (QED) is 0.488. The van der Waals surface area contributed by atoms with Crippen LogP contribution in [0.3, 0.4) is 0 Å². The van der Waals surface area contributed by atoms with Gasteiger partial charge in [0.15, 0.2) is 8.32 Å². The smallest absolute Gasteiger partial charge is 0.192 e. The summed E-state index contributed by atoms with van der Waals surface area (Å²) in [6.45, 7) is 11.6. The van der Waals surface area contributed by atoms with Gasteiger partial charge in [0.1, 0.15) is 0 Å². The SMILES string of the molecule is CC(C)(C)[Si](C)(C)O[C@@H]1CCc2c(-c3cc(Br)cs3)cccc21. The Labute approximate surface area is 153 Å². The summed E-state index contributed by atoms with van der Waals surface area (Å²) in [5.74, 6) is 0. The number of benzene rings is 1. The lowest BCUT2D eigenvalue weighted by Crippen LogP contribution is -2.41. The van der Waals surface area contributed by atoms with Crippen LogP contribution in [0.25, 0.3) is 10.4 Å². The Morgan fingerprint density at radius 1 is 1.26 bits per heavy atom. The van der Waals surface area contributed by atoms with Crippen molar-refractivity contribution in [2.75, 3.05) is 0 Å². The van der Waals surface area contributed by atoms with Crippen molar-refractivity contribution in [3.8, 4) is 10.4 Å². The van der Waals surface area contributed by atoms with Crippen molar-refractivity contribution >= 4 is 35.6 Å². The minimum atomic E-state index is -1.74. The number of thiophene rings is 1.